The highest BCUT2D eigenvalue weighted by atomic mass is 16.5. The first-order valence-electron chi connectivity index (χ1n) is 3.61. The van der Waals surface area contributed by atoms with Gasteiger partial charge in [0.15, 0.2) is 0 Å². The average molecular weight is 152 g/mol. The smallest absolute Gasteiger partial charge is 0.0908 e. The molecule has 0 saturated carbocycles. The van der Waals surface area contributed by atoms with E-state index in [-0.39, 0.29) is 0 Å². The van der Waals surface area contributed by atoms with E-state index in [4.69, 9.17) is 10.5 Å². The number of pyridine rings is 1. The van der Waals surface area contributed by atoms with Gasteiger partial charge in [-0.25, -0.2) is 0 Å². The summed E-state index contributed by atoms with van der Waals surface area (Å²) in [4.78, 5) is 4.07. The number of rotatable bonds is 3. The molecule has 0 amide bonds. The number of aromatic nitrogens is 1. The standard InChI is InChI=1S/C8H12N2O/c1-2-11-6-8-7(9)4-3-5-10-8/h3-5H,2,6,9H2,1H3. The molecule has 0 atom stereocenters. The molecule has 3 nitrogen and oxygen atoms in total. The summed E-state index contributed by atoms with van der Waals surface area (Å²) in [6.45, 7) is 3.14. The van der Waals surface area contributed by atoms with Gasteiger partial charge in [0.25, 0.3) is 0 Å². The second kappa shape index (κ2) is 3.93. The van der Waals surface area contributed by atoms with Crippen LogP contribution in [-0.2, 0) is 11.3 Å². The summed E-state index contributed by atoms with van der Waals surface area (Å²) in [6.07, 6.45) is 1.71. The molecule has 0 aromatic carbocycles. The molecule has 0 fully saturated rings. The Bertz CT molecular complexity index is 225. The van der Waals surface area contributed by atoms with Crippen molar-refractivity contribution in [2.24, 2.45) is 0 Å². The molecular weight excluding hydrogens is 140 g/mol. The second-order valence-corrected chi connectivity index (χ2v) is 2.18. The maximum absolute atomic E-state index is 5.62. The zero-order valence-corrected chi connectivity index (χ0v) is 6.58. The summed E-state index contributed by atoms with van der Waals surface area (Å²) in [5.41, 5.74) is 7.13. The van der Waals surface area contributed by atoms with E-state index in [1.165, 1.54) is 0 Å². The number of nitrogens with zero attached hydrogens (tertiary/aromatic N) is 1. The third kappa shape index (κ3) is 2.20. The van der Waals surface area contributed by atoms with E-state index in [9.17, 15) is 0 Å². The van der Waals surface area contributed by atoms with Crippen molar-refractivity contribution in [2.45, 2.75) is 13.5 Å². The van der Waals surface area contributed by atoms with Crippen LogP contribution in [0.5, 0.6) is 0 Å². The normalized spacial score (nSPS) is 9.91. The maximum Gasteiger partial charge on any atom is 0.0908 e. The van der Waals surface area contributed by atoms with Crippen molar-refractivity contribution in [3.05, 3.63) is 24.0 Å². The third-order valence-electron chi connectivity index (χ3n) is 1.37. The van der Waals surface area contributed by atoms with Crippen LogP contribution in [0.15, 0.2) is 18.3 Å². The van der Waals surface area contributed by atoms with Crippen LogP contribution in [0.25, 0.3) is 0 Å². The van der Waals surface area contributed by atoms with Crippen molar-refractivity contribution in [2.75, 3.05) is 12.3 Å². The Balaban J connectivity index is 2.62. The molecule has 0 unspecified atom stereocenters. The summed E-state index contributed by atoms with van der Waals surface area (Å²) in [7, 11) is 0. The number of anilines is 1. The lowest BCUT2D eigenvalue weighted by Crippen LogP contribution is -1.99. The van der Waals surface area contributed by atoms with Gasteiger partial charge >= 0.3 is 0 Å². The molecule has 3 heteroatoms. The largest absolute Gasteiger partial charge is 0.397 e. The van der Waals surface area contributed by atoms with Crippen molar-refractivity contribution in [3.63, 3.8) is 0 Å². The van der Waals surface area contributed by atoms with Crippen LogP contribution in [0.2, 0.25) is 0 Å². The number of hydrogen-bond donors (Lipinski definition) is 1. The summed E-state index contributed by atoms with van der Waals surface area (Å²) in [5, 5.41) is 0. The van der Waals surface area contributed by atoms with E-state index in [1.807, 2.05) is 19.1 Å². The van der Waals surface area contributed by atoms with Crippen molar-refractivity contribution in [1.82, 2.24) is 4.98 Å². The van der Waals surface area contributed by atoms with E-state index >= 15 is 0 Å². The zero-order valence-electron chi connectivity index (χ0n) is 6.58. The summed E-state index contributed by atoms with van der Waals surface area (Å²) < 4.78 is 5.16. The van der Waals surface area contributed by atoms with Crippen molar-refractivity contribution < 1.29 is 4.74 Å². The number of ether oxygens (including phenoxy) is 1. The predicted octanol–water partition coefficient (Wildman–Crippen LogP) is 1.20. The third-order valence-corrected chi connectivity index (χ3v) is 1.37. The first kappa shape index (κ1) is 8.01. The van der Waals surface area contributed by atoms with Gasteiger partial charge in [-0.2, -0.15) is 0 Å². The van der Waals surface area contributed by atoms with Crippen LogP contribution in [0.4, 0.5) is 5.69 Å². The fraction of sp³-hybridized carbons (Fsp3) is 0.375. The molecule has 0 spiro atoms. The van der Waals surface area contributed by atoms with Gasteiger partial charge in [0.1, 0.15) is 0 Å². The SMILES string of the molecule is CCOCc1ncccc1N. The monoisotopic (exact) mass is 152 g/mol. The van der Waals surface area contributed by atoms with Crippen LogP contribution >= 0.6 is 0 Å². The van der Waals surface area contributed by atoms with Crippen LogP contribution in [0.3, 0.4) is 0 Å². The second-order valence-electron chi connectivity index (χ2n) is 2.18. The highest BCUT2D eigenvalue weighted by molar-refractivity contribution is 5.41. The Labute approximate surface area is 66.2 Å². The molecule has 0 aliphatic rings. The Hall–Kier alpha value is -1.09. The van der Waals surface area contributed by atoms with Crippen LogP contribution in [-0.4, -0.2) is 11.6 Å². The molecular formula is C8H12N2O. The average Bonchev–Trinajstić information content (AvgIpc) is 2.03. The Kier molecular flexibility index (Phi) is 2.86. The lowest BCUT2D eigenvalue weighted by molar-refractivity contribution is 0.132. The van der Waals surface area contributed by atoms with E-state index < -0.39 is 0 Å². The van der Waals surface area contributed by atoms with Crippen LogP contribution in [0, 0.1) is 0 Å². The minimum absolute atomic E-state index is 0.503. The highest BCUT2D eigenvalue weighted by Gasteiger charge is 1.96. The summed E-state index contributed by atoms with van der Waals surface area (Å²) in [5.74, 6) is 0. The lowest BCUT2D eigenvalue weighted by Gasteiger charge is -2.02. The first-order chi connectivity index (χ1) is 5.34. The van der Waals surface area contributed by atoms with Crippen LogP contribution in [0.1, 0.15) is 12.6 Å². The molecule has 1 aromatic heterocycles. The molecule has 11 heavy (non-hydrogen) atoms. The van der Waals surface area contributed by atoms with E-state index in [0.717, 1.165) is 5.69 Å². The van der Waals surface area contributed by atoms with Crippen LogP contribution < -0.4 is 5.73 Å². The van der Waals surface area contributed by atoms with Crippen molar-refractivity contribution in [3.8, 4) is 0 Å². The fourth-order valence-corrected chi connectivity index (χ4v) is 0.770. The van der Waals surface area contributed by atoms with Gasteiger partial charge in [-0.05, 0) is 19.1 Å². The zero-order chi connectivity index (χ0) is 8.10. The molecule has 0 aliphatic carbocycles. The number of nitrogen functional groups attached to an aromatic ring is 1. The quantitative estimate of drug-likeness (QED) is 0.708. The van der Waals surface area contributed by atoms with E-state index in [1.54, 1.807) is 6.20 Å². The Morgan fingerprint density at radius 1 is 1.64 bits per heavy atom. The molecule has 0 radical (unpaired) electrons. The minimum Gasteiger partial charge on any atom is -0.397 e. The molecule has 1 rings (SSSR count). The molecule has 1 heterocycles. The number of nitrogens with two attached hydrogens (primary N) is 1. The topological polar surface area (TPSA) is 48.1 Å². The Morgan fingerprint density at radius 3 is 3.09 bits per heavy atom. The van der Waals surface area contributed by atoms with Gasteiger partial charge in [-0.3, -0.25) is 4.98 Å². The van der Waals surface area contributed by atoms with E-state index in [0.29, 0.717) is 18.9 Å². The van der Waals surface area contributed by atoms with E-state index in [2.05, 4.69) is 4.98 Å². The molecule has 0 bridgehead atoms. The van der Waals surface area contributed by atoms with Gasteiger partial charge in [-0.1, -0.05) is 0 Å². The maximum atomic E-state index is 5.62. The predicted molar refractivity (Wildman–Crippen MR) is 44.0 cm³/mol. The lowest BCUT2D eigenvalue weighted by atomic mass is 10.3. The molecule has 1 aromatic rings. The molecule has 0 aliphatic heterocycles. The molecule has 2 N–H and O–H groups in total. The summed E-state index contributed by atoms with van der Waals surface area (Å²) in [6, 6.07) is 3.63. The highest BCUT2D eigenvalue weighted by Crippen LogP contribution is 2.07. The molecule has 0 saturated heterocycles. The molecule has 60 valence electrons. The first-order valence-corrected chi connectivity index (χ1v) is 3.61. The van der Waals surface area contributed by atoms with Gasteiger partial charge in [0.05, 0.1) is 18.0 Å². The van der Waals surface area contributed by atoms with Crippen molar-refractivity contribution in [1.29, 1.82) is 0 Å². The van der Waals surface area contributed by atoms with Gasteiger partial charge < -0.3 is 10.5 Å². The van der Waals surface area contributed by atoms with Gasteiger partial charge in [0, 0.05) is 12.8 Å². The summed E-state index contributed by atoms with van der Waals surface area (Å²) >= 11 is 0. The van der Waals surface area contributed by atoms with Gasteiger partial charge in [-0.15, -0.1) is 0 Å². The minimum atomic E-state index is 0.503. The van der Waals surface area contributed by atoms with Gasteiger partial charge in [0.2, 0.25) is 0 Å². The Morgan fingerprint density at radius 2 is 2.45 bits per heavy atom. The number of hydrogen-bond acceptors (Lipinski definition) is 3. The fourth-order valence-electron chi connectivity index (χ4n) is 0.770. The van der Waals surface area contributed by atoms with Crippen molar-refractivity contribution >= 4 is 5.69 Å².